The van der Waals surface area contributed by atoms with Crippen molar-refractivity contribution < 1.29 is 4.74 Å². The normalized spacial score (nSPS) is 13.8. The van der Waals surface area contributed by atoms with Crippen LogP contribution >= 0.6 is 24.0 Å². The van der Waals surface area contributed by atoms with Crippen molar-refractivity contribution in [3.63, 3.8) is 0 Å². The Morgan fingerprint density at radius 1 is 1.44 bits per heavy atom. The van der Waals surface area contributed by atoms with E-state index in [4.69, 9.17) is 22.1 Å². The van der Waals surface area contributed by atoms with E-state index in [2.05, 4.69) is 13.8 Å². The fourth-order valence-corrected chi connectivity index (χ4v) is 1.66. The average molecular weight is 264 g/mol. The van der Waals surface area contributed by atoms with Gasteiger partial charge in [0.25, 0.3) is 0 Å². The van der Waals surface area contributed by atoms with E-state index < -0.39 is 0 Å². The average Bonchev–Trinajstić information content (AvgIpc) is 2.27. The second-order valence-electron chi connectivity index (χ2n) is 3.81. The predicted octanol–water partition coefficient (Wildman–Crippen LogP) is 3.82. The second kappa shape index (κ2) is 7.00. The van der Waals surface area contributed by atoms with Gasteiger partial charge in [0.15, 0.2) is 0 Å². The van der Waals surface area contributed by atoms with Crippen LogP contribution in [0.25, 0.3) is 0 Å². The number of ether oxygens (including phenoxy) is 1. The van der Waals surface area contributed by atoms with Gasteiger partial charge in [0.1, 0.15) is 5.75 Å². The maximum atomic E-state index is 6.12. The molecule has 2 N–H and O–H groups in total. The fourth-order valence-electron chi connectivity index (χ4n) is 1.47. The first-order valence-electron chi connectivity index (χ1n) is 5.19. The SMILES string of the molecule is CCC(C)[C@@H](N)c1ccc(Cl)c(OC)c1.Cl. The molecule has 0 radical (unpaired) electrons. The summed E-state index contributed by atoms with van der Waals surface area (Å²) < 4.78 is 5.16. The van der Waals surface area contributed by atoms with Gasteiger partial charge in [-0.15, -0.1) is 12.4 Å². The Bertz CT molecular complexity index is 331. The lowest BCUT2D eigenvalue weighted by Gasteiger charge is -2.19. The lowest BCUT2D eigenvalue weighted by atomic mass is 9.93. The molecule has 0 amide bonds. The van der Waals surface area contributed by atoms with Crippen LogP contribution in [-0.2, 0) is 0 Å². The van der Waals surface area contributed by atoms with Crippen molar-refractivity contribution >= 4 is 24.0 Å². The Labute approximate surface area is 109 Å². The van der Waals surface area contributed by atoms with Crippen LogP contribution in [0, 0.1) is 5.92 Å². The molecule has 1 rings (SSSR count). The van der Waals surface area contributed by atoms with Crippen molar-refractivity contribution in [1.82, 2.24) is 0 Å². The number of halogens is 2. The van der Waals surface area contributed by atoms with Gasteiger partial charge < -0.3 is 10.5 Å². The largest absolute Gasteiger partial charge is 0.495 e. The van der Waals surface area contributed by atoms with Crippen molar-refractivity contribution in [2.45, 2.75) is 26.3 Å². The standard InChI is InChI=1S/C12H18ClNO.ClH/c1-4-8(2)12(14)9-5-6-10(13)11(7-9)15-3;/h5-8,12H,4,14H2,1-3H3;1H/t8?,12-;/m1./s1. The van der Waals surface area contributed by atoms with Gasteiger partial charge in [0.2, 0.25) is 0 Å². The topological polar surface area (TPSA) is 35.2 Å². The lowest BCUT2D eigenvalue weighted by Crippen LogP contribution is -2.18. The third-order valence-corrected chi connectivity index (χ3v) is 3.13. The monoisotopic (exact) mass is 263 g/mol. The first kappa shape index (κ1) is 15.6. The van der Waals surface area contributed by atoms with Crippen LogP contribution in [0.5, 0.6) is 5.75 Å². The molecule has 2 nitrogen and oxygen atoms in total. The molecular formula is C12H19Cl2NO. The quantitative estimate of drug-likeness (QED) is 0.897. The number of hydrogen-bond acceptors (Lipinski definition) is 2. The number of benzene rings is 1. The fraction of sp³-hybridized carbons (Fsp3) is 0.500. The summed E-state index contributed by atoms with van der Waals surface area (Å²) in [6.45, 7) is 4.28. The molecule has 1 aromatic carbocycles. The van der Waals surface area contributed by atoms with Gasteiger partial charge in [0, 0.05) is 6.04 Å². The van der Waals surface area contributed by atoms with E-state index in [1.54, 1.807) is 7.11 Å². The number of hydrogen-bond donors (Lipinski definition) is 1. The van der Waals surface area contributed by atoms with Crippen LogP contribution in [0.4, 0.5) is 0 Å². The maximum absolute atomic E-state index is 6.12. The van der Waals surface area contributed by atoms with Gasteiger partial charge >= 0.3 is 0 Å². The molecule has 92 valence electrons. The van der Waals surface area contributed by atoms with Gasteiger partial charge in [-0.25, -0.2) is 0 Å². The minimum Gasteiger partial charge on any atom is -0.495 e. The molecular weight excluding hydrogens is 245 g/mol. The summed E-state index contributed by atoms with van der Waals surface area (Å²) in [5.74, 6) is 1.14. The van der Waals surface area contributed by atoms with Crippen LogP contribution in [-0.4, -0.2) is 7.11 Å². The summed E-state index contributed by atoms with van der Waals surface area (Å²) in [5, 5.41) is 0.623. The van der Waals surface area contributed by atoms with Crippen LogP contribution in [0.3, 0.4) is 0 Å². The molecule has 0 saturated heterocycles. The Balaban J connectivity index is 0.00000225. The third kappa shape index (κ3) is 3.55. The first-order chi connectivity index (χ1) is 7.10. The molecule has 0 heterocycles. The van der Waals surface area contributed by atoms with Crippen LogP contribution in [0.2, 0.25) is 5.02 Å². The molecule has 0 aliphatic carbocycles. The molecule has 0 fully saturated rings. The van der Waals surface area contributed by atoms with E-state index in [-0.39, 0.29) is 18.4 Å². The molecule has 0 aromatic heterocycles. The number of rotatable bonds is 4. The molecule has 16 heavy (non-hydrogen) atoms. The van der Waals surface area contributed by atoms with Crippen molar-refractivity contribution in [2.75, 3.05) is 7.11 Å². The minimum absolute atomic E-state index is 0. The van der Waals surface area contributed by atoms with E-state index in [0.717, 1.165) is 12.0 Å². The summed E-state index contributed by atoms with van der Waals surface area (Å²) in [6.07, 6.45) is 1.06. The van der Waals surface area contributed by atoms with E-state index in [9.17, 15) is 0 Å². The lowest BCUT2D eigenvalue weighted by molar-refractivity contribution is 0.410. The molecule has 1 unspecified atom stereocenters. The molecule has 2 atom stereocenters. The van der Waals surface area contributed by atoms with Crippen molar-refractivity contribution in [3.8, 4) is 5.75 Å². The molecule has 1 aromatic rings. The van der Waals surface area contributed by atoms with Gasteiger partial charge in [-0.1, -0.05) is 37.9 Å². The first-order valence-corrected chi connectivity index (χ1v) is 5.57. The summed E-state index contributed by atoms with van der Waals surface area (Å²) in [6, 6.07) is 5.75. The zero-order valence-electron chi connectivity index (χ0n) is 9.87. The van der Waals surface area contributed by atoms with Crippen molar-refractivity contribution in [1.29, 1.82) is 0 Å². The smallest absolute Gasteiger partial charge is 0.137 e. The van der Waals surface area contributed by atoms with Gasteiger partial charge in [-0.05, 0) is 23.6 Å². The Morgan fingerprint density at radius 3 is 2.56 bits per heavy atom. The van der Waals surface area contributed by atoms with E-state index in [0.29, 0.717) is 16.7 Å². The molecule has 0 aliphatic heterocycles. The molecule has 0 bridgehead atoms. The van der Waals surface area contributed by atoms with Gasteiger partial charge in [-0.2, -0.15) is 0 Å². The van der Waals surface area contributed by atoms with E-state index >= 15 is 0 Å². The van der Waals surface area contributed by atoms with E-state index in [1.165, 1.54) is 0 Å². The molecule has 0 spiro atoms. The van der Waals surface area contributed by atoms with E-state index in [1.807, 2.05) is 18.2 Å². The van der Waals surface area contributed by atoms with Crippen molar-refractivity contribution in [3.05, 3.63) is 28.8 Å². The zero-order chi connectivity index (χ0) is 11.4. The van der Waals surface area contributed by atoms with Crippen LogP contribution < -0.4 is 10.5 Å². The highest BCUT2D eigenvalue weighted by Gasteiger charge is 2.14. The molecule has 0 saturated carbocycles. The van der Waals surface area contributed by atoms with Gasteiger partial charge in [-0.3, -0.25) is 0 Å². The Kier molecular flexibility index (Phi) is 6.81. The van der Waals surface area contributed by atoms with Crippen LogP contribution in [0.1, 0.15) is 31.9 Å². The highest BCUT2D eigenvalue weighted by molar-refractivity contribution is 6.32. The van der Waals surface area contributed by atoms with Gasteiger partial charge in [0.05, 0.1) is 12.1 Å². The Hall–Kier alpha value is -0.440. The Morgan fingerprint density at radius 2 is 2.06 bits per heavy atom. The minimum atomic E-state index is 0. The second-order valence-corrected chi connectivity index (χ2v) is 4.21. The third-order valence-electron chi connectivity index (χ3n) is 2.82. The molecule has 4 heteroatoms. The summed E-state index contributed by atoms with van der Waals surface area (Å²) in [5.41, 5.74) is 7.20. The number of nitrogens with two attached hydrogens (primary N) is 1. The number of methoxy groups -OCH3 is 1. The summed E-state index contributed by atoms with van der Waals surface area (Å²) in [4.78, 5) is 0. The summed E-state index contributed by atoms with van der Waals surface area (Å²) in [7, 11) is 1.61. The predicted molar refractivity (Wildman–Crippen MR) is 71.6 cm³/mol. The van der Waals surface area contributed by atoms with Crippen LogP contribution in [0.15, 0.2) is 18.2 Å². The van der Waals surface area contributed by atoms with Crippen molar-refractivity contribution in [2.24, 2.45) is 11.7 Å². The summed E-state index contributed by atoms with van der Waals surface area (Å²) >= 11 is 5.95. The molecule has 0 aliphatic rings. The maximum Gasteiger partial charge on any atom is 0.137 e. The highest BCUT2D eigenvalue weighted by Crippen LogP contribution is 2.30. The highest BCUT2D eigenvalue weighted by atomic mass is 35.5. The zero-order valence-corrected chi connectivity index (χ0v) is 11.4.